The molecule has 0 aromatic heterocycles. The van der Waals surface area contributed by atoms with Gasteiger partial charge in [-0.3, -0.25) is 0 Å². The number of benzene rings is 2. The molecule has 0 spiro atoms. The fraction of sp³-hybridized carbons (Fsp3) is 0.217. The van der Waals surface area contributed by atoms with Gasteiger partial charge in [0, 0.05) is 5.56 Å². The van der Waals surface area contributed by atoms with Crippen molar-refractivity contribution >= 4 is 12.3 Å². The number of dihydropyridines is 1. The molecule has 1 heterocycles. The molecule has 9 heteroatoms. The zero-order valence-electron chi connectivity index (χ0n) is 17.7. The van der Waals surface area contributed by atoms with Gasteiger partial charge < -0.3 is 34.5 Å². The zero-order valence-corrected chi connectivity index (χ0v) is 17.7. The third-order valence-corrected chi connectivity index (χ3v) is 4.79. The number of para-hydroxylation sites is 1. The van der Waals surface area contributed by atoms with E-state index in [0.717, 1.165) is 5.56 Å². The maximum Gasteiger partial charge on any atom is 0.511 e. The first-order valence-corrected chi connectivity index (χ1v) is 9.65. The zero-order chi connectivity index (χ0) is 23.3. The average Bonchev–Trinajstić information content (AvgIpc) is 2.75. The molecule has 32 heavy (non-hydrogen) atoms. The number of allylic oxidation sites excluding steroid dienone is 2. The number of rotatable bonds is 7. The van der Waals surface area contributed by atoms with E-state index in [1.54, 1.807) is 45.2 Å². The van der Waals surface area contributed by atoms with Crippen LogP contribution in [-0.4, -0.2) is 29.6 Å². The van der Waals surface area contributed by atoms with E-state index >= 15 is 0 Å². The maximum atomic E-state index is 11.4. The molecule has 0 unspecified atom stereocenters. The molecule has 3 rings (SSSR count). The summed E-state index contributed by atoms with van der Waals surface area (Å²) >= 11 is 0. The average molecular weight is 441 g/mol. The van der Waals surface area contributed by atoms with Crippen molar-refractivity contribution in [1.82, 2.24) is 5.32 Å². The van der Waals surface area contributed by atoms with Crippen LogP contribution in [-0.2, 0) is 16.1 Å². The second-order valence-electron chi connectivity index (χ2n) is 6.95. The first kappa shape index (κ1) is 22.5. The molecule has 0 amide bonds. The number of nitrogens with one attached hydrogen (secondary N) is 1. The molecule has 3 N–H and O–H groups in total. The number of carboxylic acid groups (broad SMARTS) is 2. The molecule has 0 saturated carbocycles. The summed E-state index contributed by atoms with van der Waals surface area (Å²) < 4.78 is 21.3. The van der Waals surface area contributed by atoms with Crippen molar-refractivity contribution in [1.29, 1.82) is 0 Å². The van der Waals surface area contributed by atoms with Gasteiger partial charge in [-0.25, -0.2) is 9.59 Å². The lowest BCUT2D eigenvalue weighted by Gasteiger charge is -2.30. The molecule has 0 atom stereocenters. The molecule has 0 aliphatic carbocycles. The van der Waals surface area contributed by atoms with Gasteiger partial charge in [-0.1, -0.05) is 30.3 Å². The molecular weight excluding hydrogens is 418 g/mol. The first-order chi connectivity index (χ1) is 15.3. The third-order valence-electron chi connectivity index (χ3n) is 4.79. The molecule has 0 radical (unpaired) electrons. The second-order valence-corrected chi connectivity index (χ2v) is 6.95. The summed E-state index contributed by atoms with van der Waals surface area (Å²) in [6, 6.07) is 14.3. The molecule has 0 bridgehead atoms. The number of ether oxygens (including phenoxy) is 4. The maximum absolute atomic E-state index is 11.4. The van der Waals surface area contributed by atoms with Crippen LogP contribution in [0.3, 0.4) is 0 Å². The summed E-state index contributed by atoms with van der Waals surface area (Å²) in [6.07, 6.45) is -3.06. The minimum absolute atomic E-state index is 0.00298. The Bertz CT molecular complexity index is 1050. The minimum Gasteiger partial charge on any atom is -0.497 e. The fourth-order valence-corrected chi connectivity index (χ4v) is 3.47. The van der Waals surface area contributed by atoms with E-state index in [0.29, 0.717) is 28.5 Å². The van der Waals surface area contributed by atoms with Crippen LogP contribution in [0, 0.1) is 0 Å². The highest BCUT2D eigenvalue weighted by atomic mass is 16.7. The highest BCUT2D eigenvalue weighted by Crippen LogP contribution is 2.42. The molecule has 2 aromatic rings. The van der Waals surface area contributed by atoms with Crippen LogP contribution >= 0.6 is 0 Å². The number of hydrogen-bond donors (Lipinski definition) is 3. The van der Waals surface area contributed by atoms with E-state index in [4.69, 9.17) is 18.9 Å². The Morgan fingerprint density at radius 2 is 1.56 bits per heavy atom. The predicted molar refractivity (Wildman–Crippen MR) is 113 cm³/mol. The summed E-state index contributed by atoms with van der Waals surface area (Å²) in [4.78, 5) is 22.7. The minimum atomic E-state index is -1.53. The van der Waals surface area contributed by atoms with Gasteiger partial charge in [0.25, 0.3) is 0 Å². The number of carbonyl (C=O) groups is 2. The third kappa shape index (κ3) is 5.12. The lowest BCUT2D eigenvalue weighted by Crippen LogP contribution is -2.28. The van der Waals surface area contributed by atoms with E-state index in [2.05, 4.69) is 5.32 Å². The van der Waals surface area contributed by atoms with E-state index in [-0.39, 0.29) is 18.1 Å². The van der Waals surface area contributed by atoms with Gasteiger partial charge in [0.15, 0.2) is 0 Å². The summed E-state index contributed by atoms with van der Waals surface area (Å²) in [5.41, 5.74) is 2.17. The van der Waals surface area contributed by atoms with Crippen molar-refractivity contribution in [3.05, 3.63) is 82.6 Å². The second kappa shape index (κ2) is 9.78. The van der Waals surface area contributed by atoms with E-state index < -0.39 is 18.2 Å². The van der Waals surface area contributed by atoms with Crippen LogP contribution in [0.15, 0.2) is 71.4 Å². The number of hydrogen-bond acceptors (Lipinski definition) is 7. The normalized spacial score (nSPS) is 14.0. The van der Waals surface area contributed by atoms with Crippen molar-refractivity contribution < 1.29 is 38.7 Å². The standard InChI is InChI=1S/C23H23NO8/c1-13-20(31-22(25)26)19(21(14(2)24-13)32-23(27)28)17-9-4-5-10-18(17)30-12-15-7-6-8-16(11-15)29-3/h4-11,19,24H,12H2,1-3H3,(H,25,26)(H,27,28). The molecule has 0 fully saturated rings. The largest absolute Gasteiger partial charge is 0.511 e. The lowest BCUT2D eigenvalue weighted by molar-refractivity contribution is 0.0975. The SMILES string of the molecule is COc1cccc(COc2ccccc2C2C(OC(=O)O)=C(C)NC(C)=C2OC(=O)O)c1. The smallest absolute Gasteiger partial charge is 0.497 e. The van der Waals surface area contributed by atoms with Crippen LogP contribution in [0.4, 0.5) is 9.59 Å². The Hall–Kier alpha value is -4.14. The van der Waals surface area contributed by atoms with Gasteiger partial charge in [0.2, 0.25) is 0 Å². The van der Waals surface area contributed by atoms with Crippen molar-refractivity contribution in [3.63, 3.8) is 0 Å². The monoisotopic (exact) mass is 441 g/mol. The molecule has 1 aliphatic rings. The van der Waals surface area contributed by atoms with E-state index in [1.807, 2.05) is 24.3 Å². The van der Waals surface area contributed by atoms with Gasteiger partial charge in [-0.2, -0.15) is 0 Å². The van der Waals surface area contributed by atoms with Crippen LogP contribution < -0.4 is 14.8 Å². The van der Waals surface area contributed by atoms with Crippen LogP contribution in [0.25, 0.3) is 0 Å². The van der Waals surface area contributed by atoms with E-state index in [1.165, 1.54) is 0 Å². The molecule has 1 aliphatic heterocycles. The van der Waals surface area contributed by atoms with Crippen LogP contribution in [0.1, 0.15) is 30.9 Å². The fourth-order valence-electron chi connectivity index (χ4n) is 3.47. The van der Waals surface area contributed by atoms with E-state index in [9.17, 15) is 19.8 Å². The summed E-state index contributed by atoms with van der Waals surface area (Å²) in [6.45, 7) is 3.47. The van der Waals surface area contributed by atoms with Gasteiger partial charge in [-0.15, -0.1) is 0 Å². The quantitative estimate of drug-likeness (QED) is 0.519. The summed E-state index contributed by atoms with van der Waals surface area (Å²) in [5, 5.41) is 21.4. The van der Waals surface area contributed by atoms with Crippen molar-refractivity contribution in [2.24, 2.45) is 0 Å². The summed E-state index contributed by atoms with van der Waals surface area (Å²) in [5.74, 6) is 0.142. The van der Waals surface area contributed by atoms with Gasteiger partial charge in [0.1, 0.15) is 35.5 Å². The Labute approximate surface area is 184 Å². The molecule has 2 aromatic carbocycles. The Balaban J connectivity index is 2.02. The van der Waals surface area contributed by atoms with Crippen LogP contribution in [0.5, 0.6) is 11.5 Å². The predicted octanol–water partition coefficient (Wildman–Crippen LogP) is 4.81. The molecule has 9 nitrogen and oxygen atoms in total. The summed E-state index contributed by atoms with van der Waals surface area (Å²) in [7, 11) is 1.57. The lowest BCUT2D eigenvalue weighted by atomic mass is 9.90. The van der Waals surface area contributed by atoms with Crippen molar-refractivity contribution in [2.45, 2.75) is 26.4 Å². The highest BCUT2D eigenvalue weighted by molar-refractivity contribution is 5.63. The van der Waals surface area contributed by atoms with Gasteiger partial charge >= 0.3 is 12.3 Å². The van der Waals surface area contributed by atoms with Gasteiger partial charge in [-0.05, 0) is 37.6 Å². The Morgan fingerprint density at radius 1 is 0.938 bits per heavy atom. The number of methoxy groups -OCH3 is 1. The Kier molecular flexibility index (Phi) is 6.89. The van der Waals surface area contributed by atoms with Gasteiger partial charge in [0.05, 0.1) is 18.5 Å². The molecule has 168 valence electrons. The molecular formula is C23H23NO8. The van der Waals surface area contributed by atoms with Crippen LogP contribution in [0.2, 0.25) is 0 Å². The van der Waals surface area contributed by atoms with Crippen molar-refractivity contribution in [3.8, 4) is 11.5 Å². The highest BCUT2D eigenvalue weighted by Gasteiger charge is 2.36. The topological polar surface area (TPSA) is 124 Å². The first-order valence-electron chi connectivity index (χ1n) is 9.65. The Morgan fingerprint density at radius 3 is 2.16 bits per heavy atom. The molecule has 0 saturated heterocycles. The van der Waals surface area contributed by atoms with Crippen molar-refractivity contribution in [2.75, 3.05) is 7.11 Å².